The van der Waals surface area contributed by atoms with Gasteiger partial charge in [0.25, 0.3) is 0 Å². The van der Waals surface area contributed by atoms with E-state index in [1.54, 1.807) is 18.2 Å². The number of halogens is 1. The van der Waals surface area contributed by atoms with Gasteiger partial charge in [-0.05, 0) is 24.3 Å². The first kappa shape index (κ1) is 17.7. The first-order valence-corrected chi connectivity index (χ1v) is 9.49. The molecule has 0 N–H and O–H groups in total. The van der Waals surface area contributed by atoms with Gasteiger partial charge in [-0.25, -0.2) is 4.39 Å². The van der Waals surface area contributed by atoms with Gasteiger partial charge in [-0.3, -0.25) is 0 Å². The molecule has 0 amide bonds. The van der Waals surface area contributed by atoms with Gasteiger partial charge in [-0.2, -0.15) is 0 Å². The van der Waals surface area contributed by atoms with Gasteiger partial charge in [0.2, 0.25) is 0 Å². The molecule has 0 saturated carbocycles. The average Bonchev–Trinajstić information content (AvgIpc) is 3.06. The average molecular weight is 387 g/mol. The largest absolute Gasteiger partial charge is 0.490 e. The maximum Gasteiger partial charge on any atom is 0.192 e. The fourth-order valence-corrected chi connectivity index (χ4v) is 3.46. The van der Waals surface area contributed by atoms with Crippen LogP contribution in [0.15, 0.2) is 53.7 Å². The Morgan fingerprint density at radius 1 is 1.15 bits per heavy atom. The van der Waals surface area contributed by atoms with E-state index < -0.39 is 0 Å². The van der Waals surface area contributed by atoms with Gasteiger partial charge in [-0.1, -0.05) is 36.0 Å². The van der Waals surface area contributed by atoms with Gasteiger partial charge in [0.15, 0.2) is 40.2 Å². The summed E-state index contributed by atoms with van der Waals surface area (Å²) in [6, 6.07) is 13.9. The normalized spacial score (nSPS) is 15.6. The van der Waals surface area contributed by atoms with Crippen LogP contribution in [0, 0.1) is 5.82 Å². The lowest BCUT2D eigenvalue weighted by molar-refractivity contribution is 0.0825. The van der Waals surface area contributed by atoms with Crippen molar-refractivity contribution >= 4 is 11.8 Å². The quantitative estimate of drug-likeness (QED) is 0.475. The van der Waals surface area contributed by atoms with Crippen LogP contribution in [0.3, 0.4) is 0 Å². The molecular formula is C19H18FN3O3S. The van der Waals surface area contributed by atoms with Crippen molar-refractivity contribution in [2.75, 3.05) is 19.0 Å². The fourth-order valence-electron chi connectivity index (χ4n) is 2.73. The zero-order valence-corrected chi connectivity index (χ0v) is 15.5. The van der Waals surface area contributed by atoms with Crippen molar-refractivity contribution in [2.24, 2.45) is 7.05 Å². The van der Waals surface area contributed by atoms with Gasteiger partial charge in [0.05, 0.1) is 6.61 Å². The number of ether oxygens (including phenoxy) is 3. The van der Waals surface area contributed by atoms with Crippen molar-refractivity contribution in [3.63, 3.8) is 0 Å². The highest BCUT2D eigenvalue weighted by Gasteiger charge is 2.27. The Morgan fingerprint density at radius 2 is 1.93 bits per heavy atom. The zero-order valence-electron chi connectivity index (χ0n) is 14.7. The third-order valence-corrected chi connectivity index (χ3v) is 5.06. The second kappa shape index (κ2) is 7.87. The van der Waals surface area contributed by atoms with Crippen molar-refractivity contribution < 1.29 is 18.6 Å². The van der Waals surface area contributed by atoms with E-state index in [1.807, 2.05) is 35.9 Å². The van der Waals surface area contributed by atoms with Crippen LogP contribution in [0.5, 0.6) is 17.2 Å². The molecule has 4 rings (SSSR count). The van der Waals surface area contributed by atoms with E-state index in [-0.39, 0.29) is 17.7 Å². The van der Waals surface area contributed by atoms with Crippen molar-refractivity contribution in [1.29, 1.82) is 0 Å². The minimum Gasteiger partial charge on any atom is -0.490 e. The molecule has 1 aliphatic rings. The third-order valence-electron chi connectivity index (χ3n) is 4.07. The lowest BCUT2D eigenvalue weighted by Gasteiger charge is -2.25. The van der Waals surface area contributed by atoms with Gasteiger partial charge >= 0.3 is 0 Å². The second-order valence-electron chi connectivity index (χ2n) is 5.89. The number of nitrogens with zero attached hydrogens (tertiary/aromatic N) is 3. The second-order valence-corrected chi connectivity index (χ2v) is 6.95. The summed E-state index contributed by atoms with van der Waals surface area (Å²) in [5, 5.41) is 9.21. The summed E-state index contributed by atoms with van der Waals surface area (Å²) in [4.78, 5) is 0. The molecule has 0 bridgehead atoms. The van der Waals surface area contributed by atoms with E-state index in [2.05, 4.69) is 10.2 Å². The molecule has 6 nitrogen and oxygen atoms in total. The molecule has 8 heteroatoms. The van der Waals surface area contributed by atoms with Crippen LogP contribution in [-0.2, 0) is 7.05 Å². The maximum atomic E-state index is 13.5. The van der Waals surface area contributed by atoms with Crippen LogP contribution in [-0.4, -0.2) is 33.7 Å². The molecular weight excluding hydrogens is 369 g/mol. The summed E-state index contributed by atoms with van der Waals surface area (Å²) in [6.45, 7) is 0.744. The molecule has 3 aromatic rings. The van der Waals surface area contributed by atoms with Crippen LogP contribution < -0.4 is 14.2 Å². The molecule has 0 fully saturated rings. The maximum absolute atomic E-state index is 13.5. The number of benzene rings is 2. The first-order valence-electron chi connectivity index (χ1n) is 8.50. The number of aromatic nitrogens is 3. The number of hydrogen-bond donors (Lipinski definition) is 0. The monoisotopic (exact) mass is 387 g/mol. The van der Waals surface area contributed by atoms with E-state index in [0.29, 0.717) is 30.5 Å². The molecule has 0 aliphatic carbocycles. The summed E-state index contributed by atoms with van der Waals surface area (Å²) in [6.07, 6.45) is -0.318. The van der Waals surface area contributed by atoms with Gasteiger partial charge < -0.3 is 18.8 Å². The Bertz CT molecular complexity index is 934. The van der Waals surface area contributed by atoms with Crippen LogP contribution >= 0.6 is 11.8 Å². The van der Waals surface area contributed by atoms with Crippen molar-refractivity contribution in [3.8, 4) is 17.2 Å². The van der Waals surface area contributed by atoms with Crippen molar-refractivity contribution in [2.45, 2.75) is 11.3 Å². The summed E-state index contributed by atoms with van der Waals surface area (Å²) in [5.41, 5.74) is 0. The van der Waals surface area contributed by atoms with E-state index in [0.717, 1.165) is 10.9 Å². The molecule has 1 atom stereocenters. The van der Waals surface area contributed by atoms with Crippen LogP contribution in [0.4, 0.5) is 4.39 Å². The molecule has 0 spiro atoms. The fraction of sp³-hybridized carbons (Fsp3) is 0.263. The Balaban J connectivity index is 1.35. The van der Waals surface area contributed by atoms with E-state index in [4.69, 9.17) is 14.2 Å². The molecule has 1 aliphatic heterocycles. The summed E-state index contributed by atoms with van der Waals surface area (Å²) >= 11 is 1.49. The topological polar surface area (TPSA) is 58.4 Å². The highest BCUT2D eigenvalue weighted by Crippen LogP contribution is 2.35. The Hall–Kier alpha value is -2.74. The minimum atomic E-state index is -0.363. The Kier molecular flexibility index (Phi) is 5.15. The van der Waals surface area contributed by atoms with Crippen LogP contribution in [0.25, 0.3) is 0 Å². The standard InChI is InChI=1S/C19H18FN3O3S/c1-23-18(17-12-25-15-8-4-5-9-16(15)26-17)21-22-19(23)27-11-10-24-14-7-3-2-6-13(14)20/h2-9,17H,10-12H2,1H3. The molecule has 0 radical (unpaired) electrons. The predicted molar refractivity (Wildman–Crippen MR) is 98.9 cm³/mol. The van der Waals surface area contributed by atoms with Gasteiger partial charge in [0.1, 0.15) is 6.61 Å². The van der Waals surface area contributed by atoms with E-state index in [1.165, 1.54) is 17.8 Å². The van der Waals surface area contributed by atoms with Crippen LogP contribution in [0.2, 0.25) is 0 Å². The highest BCUT2D eigenvalue weighted by atomic mass is 32.2. The van der Waals surface area contributed by atoms with Crippen LogP contribution in [0.1, 0.15) is 11.9 Å². The summed E-state index contributed by atoms with van der Waals surface area (Å²) in [5.74, 6) is 2.63. The predicted octanol–water partition coefficient (Wildman–Crippen LogP) is 3.64. The smallest absolute Gasteiger partial charge is 0.192 e. The zero-order chi connectivity index (χ0) is 18.6. The number of fused-ring (bicyclic) bond motifs is 1. The lowest BCUT2D eigenvalue weighted by atomic mass is 10.2. The van der Waals surface area contributed by atoms with E-state index in [9.17, 15) is 4.39 Å². The Labute approximate surface area is 160 Å². The SMILES string of the molecule is Cn1c(SCCOc2ccccc2F)nnc1C1COc2ccccc2O1. The lowest BCUT2D eigenvalue weighted by Crippen LogP contribution is -2.24. The minimum absolute atomic E-state index is 0.253. The molecule has 2 heterocycles. The molecule has 0 saturated heterocycles. The Morgan fingerprint density at radius 3 is 2.78 bits per heavy atom. The molecule has 140 valence electrons. The summed E-state index contributed by atoms with van der Waals surface area (Å²) in [7, 11) is 1.89. The van der Waals surface area contributed by atoms with Gasteiger partial charge in [-0.15, -0.1) is 10.2 Å². The third kappa shape index (κ3) is 3.85. The molecule has 1 aromatic heterocycles. The van der Waals surface area contributed by atoms with E-state index >= 15 is 0 Å². The first-order chi connectivity index (χ1) is 13.2. The highest BCUT2D eigenvalue weighted by molar-refractivity contribution is 7.99. The number of thioether (sulfide) groups is 1. The van der Waals surface area contributed by atoms with Crippen molar-refractivity contribution in [1.82, 2.24) is 14.8 Å². The molecule has 1 unspecified atom stereocenters. The summed E-state index contributed by atoms with van der Waals surface area (Å²) < 4.78 is 32.6. The van der Waals surface area contributed by atoms with Gasteiger partial charge in [0, 0.05) is 12.8 Å². The number of para-hydroxylation sites is 3. The van der Waals surface area contributed by atoms with Crippen molar-refractivity contribution in [3.05, 3.63) is 60.2 Å². The molecule has 2 aromatic carbocycles. The molecule has 27 heavy (non-hydrogen) atoms. The number of rotatable bonds is 6. The number of hydrogen-bond acceptors (Lipinski definition) is 6.